The molecule has 1 aliphatic carbocycles. The minimum absolute atomic E-state index is 0. The highest BCUT2D eigenvalue weighted by Crippen LogP contribution is 2.36. The van der Waals surface area contributed by atoms with Gasteiger partial charge in [-0.15, -0.1) is 24.0 Å². The number of halogens is 1. The molecule has 3 fully saturated rings. The van der Waals surface area contributed by atoms with Crippen LogP contribution in [0, 0.1) is 11.8 Å². The van der Waals surface area contributed by atoms with Crippen molar-refractivity contribution in [3.05, 3.63) is 29.8 Å². The molecule has 2 N–H and O–H groups in total. The summed E-state index contributed by atoms with van der Waals surface area (Å²) in [6, 6.07) is 7.05. The Morgan fingerprint density at radius 2 is 1.78 bits per heavy atom. The van der Waals surface area contributed by atoms with Crippen molar-refractivity contribution in [3.8, 4) is 0 Å². The van der Waals surface area contributed by atoms with Crippen molar-refractivity contribution in [3.63, 3.8) is 0 Å². The van der Waals surface area contributed by atoms with Crippen LogP contribution in [0.2, 0.25) is 0 Å². The molecular formula is C23H37IN4O3S. The van der Waals surface area contributed by atoms with E-state index in [1.807, 2.05) is 12.1 Å². The fraction of sp³-hybridized carbons (Fsp3) is 0.696. The molecule has 3 unspecified atom stereocenters. The van der Waals surface area contributed by atoms with Gasteiger partial charge >= 0.3 is 0 Å². The molecule has 3 atom stereocenters. The quantitative estimate of drug-likeness (QED) is 0.296. The van der Waals surface area contributed by atoms with E-state index in [0.29, 0.717) is 13.1 Å². The molecule has 2 heterocycles. The summed E-state index contributed by atoms with van der Waals surface area (Å²) in [7, 11) is -3.52. The van der Waals surface area contributed by atoms with Crippen LogP contribution in [-0.2, 0) is 21.3 Å². The molecule has 32 heavy (non-hydrogen) atoms. The average Bonchev–Trinajstić information content (AvgIpc) is 3.45. The van der Waals surface area contributed by atoms with Gasteiger partial charge in [-0.1, -0.05) is 25.0 Å². The lowest BCUT2D eigenvalue weighted by Gasteiger charge is -2.22. The summed E-state index contributed by atoms with van der Waals surface area (Å²) < 4.78 is 33.2. The molecule has 7 nitrogen and oxygen atoms in total. The minimum Gasteiger partial charge on any atom is -0.377 e. The van der Waals surface area contributed by atoms with E-state index < -0.39 is 10.0 Å². The van der Waals surface area contributed by atoms with Gasteiger partial charge in [-0.05, 0) is 62.1 Å². The zero-order valence-electron chi connectivity index (χ0n) is 19.0. The lowest BCUT2D eigenvalue weighted by molar-refractivity contribution is 0.114. The zero-order valence-corrected chi connectivity index (χ0v) is 22.1. The summed E-state index contributed by atoms with van der Waals surface area (Å²) >= 11 is 0. The molecule has 0 amide bonds. The lowest BCUT2D eigenvalue weighted by Crippen LogP contribution is -2.40. The summed E-state index contributed by atoms with van der Waals surface area (Å²) in [5.74, 6) is 2.60. The van der Waals surface area contributed by atoms with Crippen LogP contribution >= 0.6 is 24.0 Å². The highest BCUT2D eigenvalue weighted by atomic mass is 127. The van der Waals surface area contributed by atoms with Crippen LogP contribution in [0.3, 0.4) is 0 Å². The van der Waals surface area contributed by atoms with E-state index in [1.54, 1.807) is 12.1 Å². The molecule has 180 valence electrons. The van der Waals surface area contributed by atoms with E-state index in [2.05, 4.69) is 21.9 Å². The number of ether oxygens (including phenoxy) is 1. The largest absolute Gasteiger partial charge is 0.377 e. The molecule has 4 rings (SSSR count). The molecular weight excluding hydrogens is 539 g/mol. The molecule has 1 aromatic rings. The number of guanidine groups is 1. The lowest BCUT2D eigenvalue weighted by atomic mass is 9.82. The molecule has 9 heteroatoms. The molecule has 1 saturated carbocycles. The first-order chi connectivity index (χ1) is 15.0. The van der Waals surface area contributed by atoms with Crippen LogP contribution in [0.1, 0.15) is 51.0 Å². The number of nitrogens with zero attached hydrogens (tertiary/aromatic N) is 2. The van der Waals surface area contributed by atoms with Gasteiger partial charge in [0, 0.05) is 32.8 Å². The van der Waals surface area contributed by atoms with E-state index in [4.69, 9.17) is 9.73 Å². The van der Waals surface area contributed by atoms with Gasteiger partial charge in [-0.25, -0.2) is 18.1 Å². The highest BCUT2D eigenvalue weighted by molar-refractivity contribution is 14.0. The van der Waals surface area contributed by atoms with E-state index >= 15 is 0 Å². The third-order valence-electron chi connectivity index (χ3n) is 6.78. The minimum atomic E-state index is -3.52. The summed E-state index contributed by atoms with van der Waals surface area (Å²) in [5.41, 5.74) is 1.00. The standard InChI is InChI=1S/C23H36N4O3S.HI/c1-2-24-23(27-16-19-6-3-4-7-20(19)17-27)25-14-18-9-11-22(12-10-18)31(28,29)26-15-21-8-5-13-30-21;/h9-12,19-21,26H,2-8,13-17H2,1H3,(H,24,25);1H. The second-order valence-corrected chi connectivity index (χ2v) is 10.8. The molecule has 0 radical (unpaired) electrons. The number of sulfonamides is 1. The summed E-state index contributed by atoms with van der Waals surface area (Å²) in [6.45, 7) is 6.74. The number of aliphatic imine (C=N–C) groups is 1. The van der Waals surface area contributed by atoms with Gasteiger partial charge in [-0.2, -0.15) is 0 Å². The fourth-order valence-corrected chi connectivity index (χ4v) is 6.10. The monoisotopic (exact) mass is 576 g/mol. The molecule has 2 saturated heterocycles. The van der Waals surface area contributed by atoms with Gasteiger partial charge in [0.05, 0.1) is 17.5 Å². The number of hydrogen-bond acceptors (Lipinski definition) is 4. The number of fused-ring (bicyclic) bond motifs is 1. The maximum absolute atomic E-state index is 12.5. The van der Waals surface area contributed by atoms with Gasteiger partial charge in [0.1, 0.15) is 0 Å². The topological polar surface area (TPSA) is 83.0 Å². The number of nitrogens with one attached hydrogen (secondary N) is 2. The Morgan fingerprint density at radius 1 is 1.09 bits per heavy atom. The van der Waals surface area contributed by atoms with Gasteiger partial charge in [0.2, 0.25) is 10.0 Å². The van der Waals surface area contributed by atoms with Crippen LogP contribution < -0.4 is 10.0 Å². The van der Waals surface area contributed by atoms with Gasteiger partial charge in [-0.3, -0.25) is 0 Å². The third-order valence-corrected chi connectivity index (χ3v) is 8.22. The van der Waals surface area contributed by atoms with Crippen molar-refractivity contribution in [2.24, 2.45) is 16.8 Å². The van der Waals surface area contributed by atoms with Crippen LogP contribution in [0.25, 0.3) is 0 Å². The average molecular weight is 577 g/mol. The van der Waals surface area contributed by atoms with Gasteiger partial charge < -0.3 is 15.0 Å². The van der Waals surface area contributed by atoms with Crippen molar-refractivity contribution in [2.75, 3.05) is 32.8 Å². The predicted molar refractivity (Wildman–Crippen MR) is 138 cm³/mol. The zero-order chi connectivity index (χ0) is 21.7. The SMILES string of the molecule is CCNC(=NCc1ccc(S(=O)(=O)NCC2CCCO2)cc1)N1CC2CCCCC2C1.I. The molecule has 0 bridgehead atoms. The molecule has 3 aliphatic rings. The summed E-state index contributed by atoms with van der Waals surface area (Å²) in [6.07, 6.45) is 7.30. The Kier molecular flexibility index (Phi) is 9.63. The normalized spacial score (nSPS) is 26.0. The van der Waals surface area contributed by atoms with Crippen LogP contribution in [-0.4, -0.2) is 58.2 Å². The Balaban J connectivity index is 0.00000289. The van der Waals surface area contributed by atoms with Crippen molar-refractivity contribution < 1.29 is 13.2 Å². The fourth-order valence-electron chi connectivity index (χ4n) is 5.04. The maximum Gasteiger partial charge on any atom is 0.240 e. The summed E-state index contributed by atoms with van der Waals surface area (Å²) in [5, 5.41) is 3.44. The van der Waals surface area contributed by atoms with Crippen molar-refractivity contribution in [2.45, 2.75) is 63.0 Å². The Bertz CT molecular complexity index is 842. The third kappa shape index (κ3) is 6.57. The molecule has 0 aromatic heterocycles. The van der Waals surface area contributed by atoms with Gasteiger partial charge in [0.15, 0.2) is 5.96 Å². The Morgan fingerprint density at radius 3 is 2.38 bits per heavy atom. The van der Waals surface area contributed by atoms with Crippen LogP contribution in [0.15, 0.2) is 34.2 Å². The number of hydrogen-bond donors (Lipinski definition) is 2. The van der Waals surface area contributed by atoms with E-state index in [-0.39, 0.29) is 35.0 Å². The van der Waals surface area contributed by atoms with E-state index in [1.165, 1.54) is 25.7 Å². The Labute approximate surface area is 209 Å². The molecule has 1 aromatic carbocycles. The first-order valence-corrected chi connectivity index (χ1v) is 13.3. The van der Waals surface area contributed by atoms with E-state index in [9.17, 15) is 8.42 Å². The summed E-state index contributed by atoms with van der Waals surface area (Å²) in [4.78, 5) is 7.55. The van der Waals surface area contributed by atoms with Crippen LogP contribution in [0.5, 0.6) is 0 Å². The number of benzene rings is 1. The molecule has 2 aliphatic heterocycles. The molecule has 0 spiro atoms. The van der Waals surface area contributed by atoms with Crippen LogP contribution in [0.4, 0.5) is 0 Å². The number of rotatable bonds is 7. The maximum atomic E-state index is 12.5. The smallest absolute Gasteiger partial charge is 0.240 e. The number of likely N-dealkylation sites (tertiary alicyclic amines) is 1. The van der Waals surface area contributed by atoms with E-state index in [0.717, 1.165) is 62.4 Å². The van der Waals surface area contributed by atoms with Crippen molar-refractivity contribution in [1.82, 2.24) is 14.9 Å². The van der Waals surface area contributed by atoms with Gasteiger partial charge in [0.25, 0.3) is 0 Å². The van der Waals surface area contributed by atoms with Crippen molar-refractivity contribution in [1.29, 1.82) is 0 Å². The second kappa shape index (κ2) is 12.0. The second-order valence-electron chi connectivity index (χ2n) is 9.01. The highest BCUT2D eigenvalue weighted by Gasteiger charge is 2.35. The van der Waals surface area contributed by atoms with Crippen molar-refractivity contribution >= 4 is 40.0 Å². The first-order valence-electron chi connectivity index (χ1n) is 11.8. The Hall–Kier alpha value is -0.910. The first kappa shape index (κ1) is 25.7. The predicted octanol–water partition coefficient (Wildman–Crippen LogP) is 3.35.